The second-order valence-corrected chi connectivity index (χ2v) is 8.35. The fourth-order valence-electron chi connectivity index (χ4n) is 3.56. The predicted octanol–water partition coefficient (Wildman–Crippen LogP) is 6.84. The summed E-state index contributed by atoms with van der Waals surface area (Å²) in [5, 5.41) is 14.7. The molecule has 0 saturated heterocycles. The van der Waals surface area contributed by atoms with E-state index in [2.05, 4.69) is 21.2 Å². The van der Waals surface area contributed by atoms with Gasteiger partial charge in [-0.2, -0.15) is 31.1 Å². The lowest BCUT2D eigenvalue weighted by Gasteiger charge is -2.21. The molecule has 0 unspecified atom stereocenters. The monoisotopic (exact) mass is 540 g/mol. The van der Waals surface area contributed by atoms with Crippen molar-refractivity contribution < 1.29 is 35.9 Å². The zero-order chi connectivity index (χ0) is 25.1. The number of nitrogens with one attached hydrogen (secondary N) is 1. The molecule has 0 aliphatic carbocycles. The van der Waals surface area contributed by atoms with Crippen molar-refractivity contribution in [2.45, 2.75) is 65.2 Å². The number of anilines is 1. The van der Waals surface area contributed by atoms with Crippen LogP contribution in [0.15, 0.2) is 22.7 Å². The van der Waals surface area contributed by atoms with Crippen molar-refractivity contribution in [2.75, 3.05) is 5.32 Å². The molecule has 2 aromatic rings. The number of amides is 1. The summed E-state index contributed by atoms with van der Waals surface area (Å²) in [6, 6.07) is 3.73. The molecule has 1 amide bonds. The first-order chi connectivity index (χ1) is 15.3. The van der Waals surface area contributed by atoms with E-state index in [0.717, 1.165) is 0 Å². The van der Waals surface area contributed by atoms with Crippen molar-refractivity contribution in [3.63, 3.8) is 0 Å². The highest BCUT2D eigenvalue weighted by Crippen LogP contribution is 2.37. The molecular formula is C22H23BrF6N2O2. The summed E-state index contributed by atoms with van der Waals surface area (Å²) in [6.45, 7) is 5.28. The summed E-state index contributed by atoms with van der Waals surface area (Å²) in [4.78, 5) is 13.1. The van der Waals surface area contributed by atoms with Crippen molar-refractivity contribution in [3.8, 4) is 0 Å². The van der Waals surface area contributed by atoms with Crippen molar-refractivity contribution in [1.82, 2.24) is 0 Å². The van der Waals surface area contributed by atoms with Gasteiger partial charge in [0.05, 0.1) is 0 Å². The van der Waals surface area contributed by atoms with Gasteiger partial charge in [-0.3, -0.25) is 4.79 Å². The lowest BCUT2D eigenvalue weighted by atomic mass is 9.97. The SMILES string of the molecule is CCCCc1cc(C(F)(F)F)[n+]([O-])c(C(F)(F)F)c1C(=O)Nc1c(CC)cc(Br)cc1CC. The Morgan fingerprint density at radius 2 is 1.52 bits per heavy atom. The smallest absolute Gasteiger partial charge is 0.479 e. The fraction of sp³-hybridized carbons (Fsp3) is 0.455. The molecule has 182 valence electrons. The number of nitrogens with zero attached hydrogens (tertiary/aromatic N) is 1. The zero-order valence-corrected chi connectivity index (χ0v) is 19.8. The van der Waals surface area contributed by atoms with Crippen molar-refractivity contribution in [3.05, 3.63) is 61.5 Å². The van der Waals surface area contributed by atoms with Gasteiger partial charge in [0.2, 0.25) is 0 Å². The molecule has 0 fully saturated rings. The number of rotatable bonds is 7. The van der Waals surface area contributed by atoms with Crippen LogP contribution in [0.4, 0.5) is 32.0 Å². The van der Waals surface area contributed by atoms with Crippen LogP contribution in [0.2, 0.25) is 0 Å². The normalized spacial score (nSPS) is 12.2. The van der Waals surface area contributed by atoms with Gasteiger partial charge in [0.15, 0.2) is 0 Å². The van der Waals surface area contributed by atoms with Crippen LogP contribution >= 0.6 is 15.9 Å². The van der Waals surface area contributed by atoms with Gasteiger partial charge in [-0.15, -0.1) is 0 Å². The lowest BCUT2D eigenvalue weighted by molar-refractivity contribution is -0.650. The molecule has 0 aliphatic heterocycles. The van der Waals surface area contributed by atoms with Gasteiger partial charge in [-0.1, -0.05) is 43.1 Å². The van der Waals surface area contributed by atoms with Crippen molar-refractivity contribution >= 4 is 27.5 Å². The first-order valence-electron chi connectivity index (χ1n) is 10.3. The Labute approximate surface area is 195 Å². The van der Waals surface area contributed by atoms with Crippen LogP contribution in [0.5, 0.6) is 0 Å². The average Bonchev–Trinajstić information content (AvgIpc) is 2.71. The van der Waals surface area contributed by atoms with E-state index in [1.165, 1.54) is 0 Å². The number of hydrogen-bond acceptors (Lipinski definition) is 2. The summed E-state index contributed by atoms with van der Waals surface area (Å²) in [7, 11) is 0. The van der Waals surface area contributed by atoms with E-state index in [9.17, 15) is 36.3 Å². The standard InChI is InChI=1S/C22H23BrF6N2O2/c1-4-7-8-14-11-16(21(24,25)26)31(33)19(22(27,28)29)17(14)20(32)30-18-12(5-2)9-15(23)10-13(18)6-3/h9-11H,4-8H2,1-3H3,(H,30,32). The molecule has 0 radical (unpaired) electrons. The van der Waals surface area contributed by atoms with E-state index in [4.69, 9.17) is 0 Å². The minimum absolute atomic E-state index is 0.228. The quantitative estimate of drug-likeness (QED) is 0.237. The first kappa shape index (κ1) is 26.9. The van der Waals surface area contributed by atoms with E-state index in [0.29, 0.717) is 40.9 Å². The molecule has 1 N–H and O–H groups in total. The molecule has 1 heterocycles. The van der Waals surface area contributed by atoms with Crippen LogP contribution < -0.4 is 10.0 Å². The molecule has 4 nitrogen and oxygen atoms in total. The molecule has 0 aliphatic rings. The Hall–Kier alpha value is -2.30. The maximum absolute atomic E-state index is 13.8. The molecule has 0 spiro atoms. The molecule has 1 aromatic heterocycles. The second kappa shape index (κ2) is 10.3. The predicted molar refractivity (Wildman–Crippen MR) is 115 cm³/mol. The minimum Gasteiger partial charge on any atom is -0.618 e. The zero-order valence-electron chi connectivity index (χ0n) is 18.2. The third-order valence-corrected chi connectivity index (χ3v) is 5.60. The van der Waals surface area contributed by atoms with Crippen LogP contribution in [-0.2, 0) is 31.6 Å². The number of benzene rings is 1. The number of alkyl halides is 6. The highest BCUT2D eigenvalue weighted by atomic mass is 79.9. The van der Waals surface area contributed by atoms with Crippen molar-refractivity contribution in [2.24, 2.45) is 0 Å². The maximum Gasteiger partial charge on any atom is 0.479 e. The molecule has 33 heavy (non-hydrogen) atoms. The van der Waals surface area contributed by atoms with E-state index in [1.807, 2.05) is 0 Å². The second-order valence-electron chi connectivity index (χ2n) is 7.43. The molecule has 1 aromatic carbocycles. The first-order valence-corrected chi connectivity index (χ1v) is 11.1. The third kappa shape index (κ3) is 5.99. The highest BCUT2D eigenvalue weighted by molar-refractivity contribution is 9.10. The summed E-state index contributed by atoms with van der Waals surface area (Å²) in [6.07, 6.45) is -9.48. The number of aromatic nitrogens is 1. The maximum atomic E-state index is 13.8. The molecule has 0 saturated carbocycles. The fourth-order valence-corrected chi connectivity index (χ4v) is 4.11. The Morgan fingerprint density at radius 3 is 1.94 bits per heavy atom. The van der Waals surface area contributed by atoms with E-state index in [-0.39, 0.29) is 18.5 Å². The Morgan fingerprint density at radius 1 is 0.970 bits per heavy atom. The number of aryl methyl sites for hydroxylation is 3. The Kier molecular flexibility index (Phi) is 8.42. The van der Waals surface area contributed by atoms with Gasteiger partial charge in [-0.05, 0) is 54.5 Å². The number of hydrogen-bond donors (Lipinski definition) is 1. The average molecular weight is 541 g/mol. The van der Waals surface area contributed by atoms with Crippen LogP contribution in [0.1, 0.15) is 72.0 Å². The number of halogens is 7. The molecule has 11 heteroatoms. The number of pyridine rings is 1. The Bertz CT molecular complexity index is 1010. The number of carbonyl (C=O) groups is 1. The number of carbonyl (C=O) groups excluding carboxylic acids is 1. The van der Waals surface area contributed by atoms with Crippen LogP contribution in [0, 0.1) is 5.21 Å². The van der Waals surface area contributed by atoms with E-state index < -0.39 is 45.5 Å². The summed E-state index contributed by atoms with van der Waals surface area (Å²) in [5.74, 6) is -1.28. The van der Waals surface area contributed by atoms with Gasteiger partial charge in [0.25, 0.3) is 11.6 Å². The van der Waals surface area contributed by atoms with Gasteiger partial charge in [0.1, 0.15) is 5.56 Å². The molecular weight excluding hydrogens is 518 g/mol. The highest BCUT2D eigenvalue weighted by Gasteiger charge is 2.51. The van der Waals surface area contributed by atoms with Gasteiger partial charge >= 0.3 is 18.0 Å². The van der Waals surface area contributed by atoms with Crippen LogP contribution in [0.25, 0.3) is 0 Å². The summed E-state index contributed by atoms with van der Waals surface area (Å²) < 4.78 is 81.0. The Balaban J connectivity index is 2.80. The summed E-state index contributed by atoms with van der Waals surface area (Å²) in [5.41, 5.74) is -4.22. The largest absolute Gasteiger partial charge is 0.618 e. The molecule has 0 bridgehead atoms. The van der Waals surface area contributed by atoms with Gasteiger partial charge < -0.3 is 10.5 Å². The number of unbranched alkanes of at least 4 members (excludes halogenated alkanes) is 1. The van der Waals surface area contributed by atoms with Crippen LogP contribution in [-0.4, -0.2) is 5.91 Å². The summed E-state index contributed by atoms with van der Waals surface area (Å²) >= 11 is 3.34. The van der Waals surface area contributed by atoms with E-state index >= 15 is 0 Å². The van der Waals surface area contributed by atoms with E-state index in [1.54, 1.807) is 32.9 Å². The minimum atomic E-state index is -5.49. The molecule has 2 rings (SSSR count). The lowest BCUT2D eigenvalue weighted by Crippen LogP contribution is -2.46. The molecule has 0 atom stereocenters. The third-order valence-electron chi connectivity index (χ3n) is 5.14. The van der Waals surface area contributed by atoms with Gasteiger partial charge in [-0.25, -0.2) is 0 Å². The van der Waals surface area contributed by atoms with Crippen LogP contribution in [0.3, 0.4) is 0 Å². The van der Waals surface area contributed by atoms with Gasteiger partial charge in [0, 0.05) is 16.2 Å². The van der Waals surface area contributed by atoms with Crippen molar-refractivity contribution in [1.29, 1.82) is 0 Å². The topological polar surface area (TPSA) is 56.0 Å².